The predicted molar refractivity (Wildman–Crippen MR) is 111 cm³/mol. The number of nitrogens with one attached hydrogen (secondary N) is 1. The number of rotatable bonds is 5. The standard InChI is InChI=1S/C21H34N6/c1-8-11-27-14-17(15(2)25-27)18-9-10-22-19(24-18)23-16-12-20(3,4)26(7)21(5,6)13-16/h9-10,14,16H,8,11-13H2,1-7H3,(H,22,23,24). The smallest absolute Gasteiger partial charge is 0.223 e. The number of anilines is 1. The van der Waals surface area contributed by atoms with Crippen molar-refractivity contribution in [1.82, 2.24) is 24.6 Å². The molecule has 2 aromatic heterocycles. The van der Waals surface area contributed by atoms with E-state index in [0.717, 1.165) is 42.8 Å². The second-order valence-electron chi connectivity index (χ2n) is 9.09. The van der Waals surface area contributed by atoms with Gasteiger partial charge in [-0.1, -0.05) is 6.92 Å². The molecule has 1 fully saturated rings. The first-order chi connectivity index (χ1) is 12.6. The molecule has 3 heterocycles. The van der Waals surface area contributed by atoms with Gasteiger partial charge in [0.1, 0.15) is 0 Å². The maximum atomic E-state index is 4.80. The lowest BCUT2D eigenvalue weighted by Gasteiger charge is -2.53. The van der Waals surface area contributed by atoms with Gasteiger partial charge in [-0.25, -0.2) is 9.97 Å². The fourth-order valence-corrected chi connectivity index (χ4v) is 4.35. The van der Waals surface area contributed by atoms with Crippen LogP contribution in [0.2, 0.25) is 0 Å². The third-order valence-corrected chi connectivity index (χ3v) is 5.97. The number of aromatic nitrogens is 4. The van der Waals surface area contributed by atoms with Crippen LogP contribution in [0.4, 0.5) is 5.95 Å². The molecule has 0 atom stereocenters. The molecule has 0 unspecified atom stereocenters. The van der Waals surface area contributed by atoms with Crippen LogP contribution in [0.3, 0.4) is 0 Å². The number of hydrogen-bond donors (Lipinski definition) is 1. The molecule has 0 aliphatic carbocycles. The highest BCUT2D eigenvalue weighted by Gasteiger charge is 2.43. The van der Waals surface area contributed by atoms with Crippen molar-refractivity contribution in [2.45, 2.75) is 84.5 Å². The summed E-state index contributed by atoms with van der Waals surface area (Å²) in [5.41, 5.74) is 3.29. The van der Waals surface area contributed by atoms with Crippen molar-refractivity contribution >= 4 is 5.95 Å². The van der Waals surface area contributed by atoms with Crippen LogP contribution in [0, 0.1) is 6.92 Å². The van der Waals surface area contributed by atoms with Crippen LogP contribution in [0.5, 0.6) is 0 Å². The molecule has 1 N–H and O–H groups in total. The first kappa shape index (κ1) is 19.8. The largest absolute Gasteiger partial charge is 0.351 e. The van der Waals surface area contributed by atoms with Crippen LogP contribution in [0.25, 0.3) is 11.3 Å². The quantitative estimate of drug-likeness (QED) is 0.858. The summed E-state index contributed by atoms with van der Waals surface area (Å²) in [6.45, 7) is 14.4. The number of likely N-dealkylation sites (tertiary alicyclic amines) is 1. The van der Waals surface area contributed by atoms with Gasteiger partial charge in [0.2, 0.25) is 5.95 Å². The molecule has 6 heteroatoms. The maximum Gasteiger partial charge on any atom is 0.223 e. The second kappa shape index (κ2) is 7.23. The molecular formula is C21H34N6. The van der Waals surface area contributed by atoms with Crippen molar-refractivity contribution in [3.8, 4) is 11.3 Å². The van der Waals surface area contributed by atoms with Crippen molar-refractivity contribution in [3.05, 3.63) is 24.2 Å². The topological polar surface area (TPSA) is 58.9 Å². The monoisotopic (exact) mass is 370 g/mol. The van der Waals surface area contributed by atoms with Crippen molar-refractivity contribution in [2.24, 2.45) is 0 Å². The maximum absolute atomic E-state index is 4.80. The van der Waals surface area contributed by atoms with Crippen LogP contribution in [0.1, 0.15) is 59.6 Å². The molecule has 6 nitrogen and oxygen atoms in total. The Morgan fingerprint density at radius 2 is 1.85 bits per heavy atom. The third-order valence-electron chi connectivity index (χ3n) is 5.97. The number of nitrogens with zero attached hydrogens (tertiary/aromatic N) is 5. The first-order valence-electron chi connectivity index (χ1n) is 10.0. The first-order valence-corrected chi connectivity index (χ1v) is 10.0. The summed E-state index contributed by atoms with van der Waals surface area (Å²) in [5.74, 6) is 0.705. The van der Waals surface area contributed by atoms with Gasteiger partial charge in [0.15, 0.2) is 0 Å². The fraction of sp³-hybridized carbons (Fsp3) is 0.667. The minimum atomic E-state index is 0.134. The van der Waals surface area contributed by atoms with Gasteiger partial charge in [0.25, 0.3) is 0 Å². The molecular weight excluding hydrogens is 336 g/mol. The molecule has 0 amide bonds. The van der Waals surface area contributed by atoms with E-state index in [1.54, 1.807) is 0 Å². The lowest BCUT2D eigenvalue weighted by Crippen LogP contribution is -2.61. The molecule has 148 valence electrons. The summed E-state index contributed by atoms with van der Waals surface area (Å²) in [6.07, 6.45) is 7.13. The van der Waals surface area contributed by atoms with Gasteiger partial charge in [0, 0.05) is 41.6 Å². The van der Waals surface area contributed by atoms with Crippen molar-refractivity contribution in [1.29, 1.82) is 0 Å². The molecule has 0 saturated carbocycles. The summed E-state index contributed by atoms with van der Waals surface area (Å²) in [7, 11) is 2.23. The van der Waals surface area contributed by atoms with E-state index in [4.69, 9.17) is 4.98 Å². The Morgan fingerprint density at radius 3 is 2.48 bits per heavy atom. The van der Waals surface area contributed by atoms with Gasteiger partial charge in [-0.2, -0.15) is 5.10 Å². The number of piperidine rings is 1. The average molecular weight is 371 g/mol. The lowest BCUT2D eigenvalue weighted by molar-refractivity contribution is -0.00778. The molecule has 1 saturated heterocycles. The summed E-state index contributed by atoms with van der Waals surface area (Å²) in [5, 5.41) is 8.20. The Bertz CT molecular complexity index is 774. The SMILES string of the molecule is CCCn1cc(-c2ccnc(NC3CC(C)(C)N(C)C(C)(C)C3)n2)c(C)n1. The van der Waals surface area contributed by atoms with Gasteiger partial charge in [-0.3, -0.25) is 9.58 Å². The molecule has 1 aliphatic rings. The molecule has 0 radical (unpaired) electrons. The number of hydrogen-bond acceptors (Lipinski definition) is 5. The minimum absolute atomic E-state index is 0.134. The van der Waals surface area contributed by atoms with E-state index in [-0.39, 0.29) is 11.1 Å². The Labute approximate surface area is 163 Å². The molecule has 0 bridgehead atoms. The highest BCUT2D eigenvalue weighted by atomic mass is 15.3. The minimum Gasteiger partial charge on any atom is -0.351 e. The van der Waals surface area contributed by atoms with Gasteiger partial charge in [-0.15, -0.1) is 0 Å². The van der Waals surface area contributed by atoms with Crippen molar-refractivity contribution < 1.29 is 0 Å². The fourth-order valence-electron chi connectivity index (χ4n) is 4.35. The van der Waals surface area contributed by atoms with E-state index < -0.39 is 0 Å². The Hall–Kier alpha value is -1.95. The molecule has 2 aromatic rings. The Morgan fingerprint density at radius 1 is 1.19 bits per heavy atom. The van der Waals surface area contributed by atoms with Crippen LogP contribution >= 0.6 is 0 Å². The van der Waals surface area contributed by atoms with Crippen LogP contribution in [0.15, 0.2) is 18.5 Å². The predicted octanol–water partition coefficient (Wildman–Crippen LogP) is 4.12. The second-order valence-corrected chi connectivity index (χ2v) is 9.09. The van der Waals surface area contributed by atoms with E-state index >= 15 is 0 Å². The average Bonchev–Trinajstić information content (AvgIpc) is 2.93. The zero-order chi connectivity index (χ0) is 19.8. The van der Waals surface area contributed by atoms with Crippen molar-refractivity contribution in [3.63, 3.8) is 0 Å². The van der Waals surface area contributed by atoms with Crippen molar-refractivity contribution in [2.75, 3.05) is 12.4 Å². The normalized spacial score (nSPS) is 20.0. The van der Waals surface area contributed by atoms with Crippen LogP contribution in [-0.2, 0) is 6.54 Å². The van der Waals surface area contributed by atoms with Crippen LogP contribution < -0.4 is 5.32 Å². The van der Waals surface area contributed by atoms with E-state index in [1.165, 1.54) is 0 Å². The van der Waals surface area contributed by atoms with Gasteiger partial charge < -0.3 is 5.32 Å². The summed E-state index contributed by atoms with van der Waals surface area (Å²) < 4.78 is 2.00. The molecule has 1 aliphatic heterocycles. The summed E-state index contributed by atoms with van der Waals surface area (Å²) >= 11 is 0. The van der Waals surface area contributed by atoms with E-state index in [2.05, 4.69) is 68.2 Å². The molecule has 0 aromatic carbocycles. The zero-order valence-electron chi connectivity index (χ0n) is 17.9. The highest BCUT2D eigenvalue weighted by Crippen LogP contribution is 2.37. The van der Waals surface area contributed by atoms with E-state index in [1.807, 2.05) is 23.9 Å². The summed E-state index contributed by atoms with van der Waals surface area (Å²) in [6, 6.07) is 2.32. The van der Waals surface area contributed by atoms with Gasteiger partial charge in [0.05, 0.1) is 11.4 Å². The van der Waals surface area contributed by atoms with Crippen LogP contribution in [-0.4, -0.2) is 48.8 Å². The Kier molecular flexibility index (Phi) is 5.30. The zero-order valence-corrected chi connectivity index (χ0v) is 17.9. The van der Waals surface area contributed by atoms with E-state index in [9.17, 15) is 0 Å². The molecule has 27 heavy (non-hydrogen) atoms. The molecule has 3 rings (SSSR count). The van der Waals surface area contributed by atoms with E-state index in [0.29, 0.717) is 12.0 Å². The molecule has 0 spiro atoms. The third kappa shape index (κ3) is 4.15. The Balaban J connectivity index is 1.80. The van der Waals surface area contributed by atoms with Gasteiger partial charge >= 0.3 is 0 Å². The summed E-state index contributed by atoms with van der Waals surface area (Å²) in [4.78, 5) is 11.8. The van der Waals surface area contributed by atoms with Gasteiger partial charge in [-0.05, 0) is 67.0 Å². The lowest BCUT2D eigenvalue weighted by atomic mass is 9.77. The number of aryl methyl sites for hydroxylation is 2. The highest BCUT2D eigenvalue weighted by molar-refractivity contribution is 5.61.